The van der Waals surface area contributed by atoms with Gasteiger partial charge in [-0.3, -0.25) is 0 Å². The van der Waals surface area contributed by atoms with Crippen molar-refractivity contribution in [2.24, 2.45) is 0 Å². The molecule has 0 heterocycles. The Kier molecular flexibility index (Phi) is 5.02. The van der Waals surface area contributed by atoms with Gasteiger partial charge in [0.1, 0.15) is 0 Å². The molecule has 0 saturated carbocycles. The van der Waals surface area contributed by atoms with Gasteiger partial charge in [-0.1, -0.05) is 0 Å². The van der Waals surface area contributed by atoms with E-state index in [2.05, 4.69) is 0 Å². The van der Waals surface area contributed by atoms with E-state index in [0.29, 0.717) is 20.1 Å². The third-order valence-corrected chi connectivity index (χ3v) is 9.47. The first-order chi connectivity index (χ1) is 8.02. The molecular formula is C12H6Cl4Hg. The zero-order chi connectivity index (χ0) is 12.4. The van der Waals surface area contributed by atoms with Crippen molar-refractivity contribution in [1.29, 1.82) is 0 Å². The molecule has 0 atom stereocenters. The average Bonchev–Trinajstić information content (AvgIpc) is 2.13. The summed E-state index contributed by atoms with van der Waals surface area (Å²) in [4.78, 5) is 0. The zero-order valence-corrected chi connectivity index (χ0v) is 17.2. The molecule has 17 heavy (non-hydrogen) atoms. The van der Waals surface area contributed by atoms with E-state index in [-0.39, 0.29) is 0 Å². The monoisotopic (exact) mass is 492 g/mol. The molecule has 2 rings (SSSR count). The molecule has 0 N–H and O–H groups in total. The quantitative estimate of drug-likeness (QED) is 0.548. The van der Waals surface area contributed by atoms with Gasteiger partial charge in [-0.25, -0.2) is 0 Å². The molecule has 0 spiro atoms. The summed E-state index contributed by atoms with van der Waals surface area (Å²) in [6, 6.07) is 11.4. The van der Waals surface area contributed by atoms with Crippen LogP contribution in [0.15, 0.2) is 36.4 Å². The van der Waals surface area contributed by atoms with Crippen molar-refractivity contribution in [3.8, 4) is 0 Å². The predicted octanol–water partition coefficient (Wildman–Crippen LogP) is 4.33. The van der Waals surface area contributed by atoms with Crippen LogP contribution >= 0.6 is 46.4 Å². The van der Waals surface area contributed by atoms with E-state index < -0.39 is 24.6 Å². The molecule has 0 aromatic heterocycles. The first-order valence-electron chi connectivity index (χ1n) is 4.93. The summed E-state index contributed by atoms with van der Waals surface area (Å²) >= 11 is 22.4. The number of rotatable bonds is 2. The first kappa shape index (κ1) is 14.0. The van der Waals surface area contributed by atoms with E-state index >= 15 is 0 Å². The molecule has 0 aliphatic carbocycles. The van der Waals surface area contributed by atoms with Crippen molar-refractivity contribution < 1.29 is 24.6 Å². The maximum absolute atomic E-state index is 5.98. The minimum atomic E-state index is -1.47. The number of hydrogen-bond acceptors (Lipinski definition) is 0. The van der Waals surface area contributed by atoms with Gasteiger partial charge in [0, 0.05) is 0 Å². The molecule has 0 radical (unpaired) electrons. The third kappa shape index (κ3) is 4.29. The summed E-state index contributed by atoms with van der Waals surface area (Å²) < 4.78 is 2.50. The van der Waals surface area contributed by atoms with Crippen molar-refractivity contribution in [2.45, 2.75) is 0 Å². The first-order valence-corrected chi connectivity index (χ1v) is 11.9. The zero-order valence-electron chi connectivity index (χ0n) is 8.68. The molecule has 5 heteroatoms. The van der Waals surface area contributed by atoms with Gasteiger partial charge in [0.15, 0.2) is 0 Å². The van der Waals surface area contributed by atoms with Crippen LogP contribution in [0, 0.1) is 0 Å². The van der Waals surface area contributed by atoms with Crippen molar-refractivity contribution in [3.05, 3.63) is 56.5 Å². The van der Waals surface area contributed by atoms with Crippen LogP contribution in [-0.4, -0.2) is 0 Å². The Balaban J connectivity index is 2.31. The summed E-state index contributed by atoms with van der Waals surface area (Å²) in [5.74, 6) is 0. The van der Waals surface area contributed by atoms with Gasteiger partial charge in [-0.15, -0.1) is 0 Å². The van der Waals surface area contributed by atoms with Gasteiger partial charge >= 0.3 is 134 Å². The van der Waals surface area contributed by atoms with Crippen LogP contribution in [0.2, 0.25) is 20.1 Å². The van der Waals surface area contributed by atoms with Gasteiger partial charge < -0.3 is 0 Å². The van der Waals surface area contributed by atoms with Crippen molar-refractivity contribution in [3.63, 3.8) is 0 Å². The van der Waals surface area contributed by atoms with Crippen LogP contribution < -0.4 is 6.14 Å². The summed E-state index contributed by atoms with van der Waals surface area (Å²) in [7, 11) is 0. The van der Waals surface area contributed by atoms with Crippen LogP contribution in [0.25, 0.3) is 0 Å². The molecule has 0 aliphatic heterocycles. The summed E-state index contributed by atoms with van der Waals surface area (Å²) in [6.07, 6.45) is 0. The molecule has 0 amide bonds. The molecule has 2 aromatic rings. The number of halogens is 4. The van der Waals surface area contributed by atoms with Crippen molar-refractivity contribution in [2.75, 3.05) is 0 Å². The Hall–Kier alpha value is 0.535. The normalized spacial score (nSPS) is 10.1. The van der Waals surface area contributed by atoms with Gasteiger partial charge in [0.25, 0.3) is 0 Å². The van der Waals surface area contributed by atoms with Crippen LogP contribution in [-0.2, 0) is 24.6 Å². The van der Waals surface area contributed by atoms with Gasteiger partial charge in [0.05, 0.1) is 0 Å². The molecule has 0 saturated heterocycles. The van der Waals surface area contributed by atoms with E-state index in [9.17, 15) is 0 Å². The van der Waals surface area contributed by atoms with E-state index in [1.165, 1.54) is 6.14 Å². The van der Waals surface area contributed by atoms with Crippen LogP contribution in [0.4, 0.5) is 0 Å². The maximum atomic E-state index is 5.98. The summed E-state index contributed by atoms with van der Waals surface area (Å²) in [6.45, 7) is 0. The molecule has 0 nitrogen and oxygen atoms in total. The number of benzene rings is 2. The molecule has 0 aliphatic rings. The van der Waals surface area contributed by atoms with Crippen LogP contribution in [0.5, 0.6) is 0 Å². The molecule has 84 valence electrons. The SMILES string of the molecule is Clc1cc(Cl)c[c]([Hg][c]2cc(Cl)cc(Cl)c2)c1. The van der Waals surface area contributed by atoms with Gasteiger partial charge in [-0.05, 0) is 0 Å². The second kappa shape index (κ2) is 6.12. The molecule has 2 aromatic carbocycles. The summed E-state index contributed by atoms with van der Waals surface area (Å²) in [5, 5.41) is 2.72. The Morgan fingerprint density at radius 1 is 0.529 bits per heavy atom. The fourth-order valence-corrected chi connectivity index (χ4v) is 11.7. The fraction of sp³-hybridized carbons (Fsp3) is 0. The molecule has 0 bridgehead atoms. The van der Waals surface area contributed by atoms with E-state index in [0.717, 1.165) is 0 Å². The van der Waals surface area contributed by atoms with Crippen molar-refractivity contribution >= 4 is 52.5 Å². The average molecular weight is 493 g/mol. The topological polar surface area (TPSA) is 0 Å². The molecular weight excluding hydrogens is 487 g/mol. The number of hydrogen-bond donors (Lipinski definition) is 0. The third-order valence-electron chi connectivity index (χ3n) is 2.25. The van der Waals surface area contributed by atoms with Crippen LogP contribution in [0.3, 0.4) is 0 Å². The standard InChI is InChI=1S/2C6H3Cl2.Hg/c2*7-5-2-1-3-6(8)4-5;/h2*2-4H;. The second-order valence-corrected chi connectivity index (χ2v) is 13.2. The van der Waals surface area contributed by atoms with Gasteiger partial charge in [-0.2, -0.15) is 0 Å². The van der Waals surface area contributed by atoms with Crippen molar-refractivity contribution in [1.82, 2.24) is 0 Å². The summed E-state index contributed by atoms with van der Waals surface area (Å²) in [5.41, 5.74) is 0. The van der Waals surface area contributed by atoms with Gasteiger partial charge in [0.2, 0.25) is 0 Å². The predicted molar refractivity (Wildman–Crippen MR) is 72.2 cm³/mol. The molecule has 0 fully saturated rings. The Bertz CT molecular complexity index is 464. The van der Waals surface area contributed by atoms with E-state index in [1.54, 1.807) is 12.1 Å². The van der Waals surface area contributed by atoms with Crippen LogP contribution in [0.1, 0.15) is 0 Å². The Labute approximate surface area is 132 Å². The minimum absolute atomic E-state index is 0.681. The van der Waals surface area contributed by atoms with E-state index in [1.807, 2.05) is 24.3 Å². The molecule has 0 unspecified atom stereocenters. The Morgan fingerprint density at radius 2 is 0.824 bits per heavy atom. The second-order valence-electron chi connectivity index (χ2n) is 3.73. The fourth-order valence-electron chi connectivity index (χ4n) is 1.66. The van der Waals surface area contributed by atoms with E-state index in [4.69, 9.17) is 46.4 Å². The Morgan fingerprint density at radius 3 is 1.12 bits per heavy atom.